The van der Waals surface area contributed by atoms with Gasteiger partial charge in [0.15, 0.2) is 18.1 Å². The maximum Gasteiger partial charge on any atom is 0.341 e. The van der Waals surface area contributed by atoms with Crippen molar-refractivity contribution in [2.24, 2.45) is 0 Å². The summed E-state index contributed by atoms with van der Waals surface area (Å²) in [6.45, 7) is 1.56. The van der Waals surface area contributed by atoms with Gasteiger partial charge >= 0.3 is 5.97 Å². The molecule has 136 valence electrons. The summed E-state index contributed by atoms with van der Waals surface area (Å²) in [5.41, 5.74) is 0.617. The fourth-order valence-electron chi connectivity index (χ4n) is 2.09. The molecule has 7 nitrogen and oxygen atoms in total. The van der Waals surface area contributed by atoms with Crippen LogP contribution in [0.5, 0.6) is 11.5 Å². The summed E-state index contributed by atoms with van der Waals surface area (Å²) in [6.07, 6.45) is 6.73. The van der Waals surface area contributed by atoms with Crippen LogP contribution < -0.4 is 9.47 Å². The van der Waals surface area contributed by atoms with E-state index in [2.05, 4.69) is 5.92 Å². The summed E-state index contributed by atoms with van der Waals surface area (Å²) >= 11 is 2.80. The predicted molar refractivity (Wildman–Crippen MR) is 105 cm³/mol. The molecule has 1 aliphatic heterocycles. The Morgan fingerprint density at radius 2 is 2.15 bits per heavy atom. The van der Waals surface area contributed by atoms with Crippen molar-refractivity contribution in [3.05, 3.63) is 26.2 Å². The number of carbonyl (C=O) groups is 3. The second kappa shape index (κ2) is 8.95. The molecule has 1 fully saturated rings. The number of ether oxygens (including phenoxy) is 2. The number of halogens is 1. The van der Waals surface area contributed by atoms with Crippen LogP contribution in [-0.4, -0.2) is 46.9 Å². The van der Waals surface area contributed by atoms with Gasteiger partial charge in [-0.25, -0.2) is 4.79 Å². The normalized spacial score (nSPS) is 15.3. The van der Waals surface area contributed by atoms with E-state index in [9.17, 15) is 14.4 Å². The standard InChI is InChI=1S/C17H14INO6S/c1-3-5-19-16(22)13(26-17(19)23)8-10-6-11(18)15(25-9-14(20)21)12(7-10)24-4-2/h1,6-8H,4-5,9H2,2H3,(H,20,21). The van der Waals surface area contributed by atoms with Crippen molar-refractivity contribution in [2.75, 3.05) is 19.8 Å². The Labute approximate surface area is 167 Å². The highest BCUT2D eigenvalue weighted by Crippen LogP contribution is 2.37. The van der Waals surface area contributed by atoms with Gasteiger partial charge in [0.05, 0.1) is 21.6 Å². The Balaban J connectivity index is 2.36. The Kier molecular flexibility index (Phi) is 6.93. The summed E-state index contributed by atoms with van der Waals surface area (Å²) in [5.74, 6) is 1.40. The summed E-state index contributed by atoms with van der Waals surface area (Å²) < 4.78 is 11.4. The summed E-state index contributed by atoms with van der Waals surface area (Å²) in [4.78, 5) is 36.1. The molecule has 0 bridgehead atoms. The second-order valence-electron chi connectivity index (χ2n) is 4.92. The van der Waals surface area contributed by atoms with Crippen LogP contribution in [0.1, 0.15) is 12.5 Å². The van der Waals surface area contributed by atoms with Crippen LogP contribution in [-0.2, 0) is 9.59 Å². The van der Waals surface area contributed by atoms with Crippen LogP contribution in [0.15, 0.2) is 17.0 Å². The Morgan fingerprint density at radius 1 is 1.42 bits per heavy atom. The van der Waals surface area contributed by atoms with E-state index in [4.69, 9.17) is 21.0 Å². The molecular formula is C17H14INO6S. The third-order valence-electron chi connectivity index (χ3n) is 3.09. The zero-order chi connectivity index (χ0) is 19.3. The van der Waals surface area contributed by atoms with Crippen LogP contribution in [0.2, 0.25) is 0 Å². The second-order valence-corrected chi connectivity index (χ2v) is 7.07. The van der Waals surface area contributed by atoms with Gasteiger partial charge in [0.25, 0.3) is 11.1 Å². The van der Waals surface area contributed by atoms with Crippen molar-refractivity contribution in [3.8, 4) is 23.8 Å². The number of hydrogen-bond donors (Lipinski definition) is 1. The van der Waals surface area contributed by atoms with Gasteiger partial charge < -0.3 is 14.6 Å². The number of benzene rings is 1. The number of amides is 2. The van der Waals surface area contributed by atoms with E-state index in [1.165, 1.54) is 0 Å². The largest absolute Gasteiger partial charge is 0.490 e. The maximum atomic E-state index is 12.2. The fourth-order valence-corrected chi connectivity index (χ4v) is 3.71. The monoisotopic (exact) mass is 487 g/mol. The number of carboxylic acid groups (broad SMARTS) is 1. The van der Waals surface area contributed by atoms with Gasteiger partial charge in [-0.1, -0.05) is 5.92 Å². The average Bonchev–Trinajstić information content (AvgIpc) is 2.82. The number of thioether (sulfide) groups is 1. The predicted octanol–water partition coefficient (Wildman–Crippen LogP) is 2.82. The number of nitrogens with zero attached hydrogens (tertiary/aromatic N) is 1. The SMILES string of the molecule is C#CCN1C(=O)SC(=Cc2cc(I)c(OCC(=O)O)c(OCC)c2)C1=O. The van der Waals surface area contributed by atoms with Gasteiger partial charge in [0.2, 0.25) is 0 Å². The lowest BCUT2D eigenvalue weighted by atomic mass is 10.2. The fraction of sp³-hybridized carbons (Fsp3) is 0.235. The zero-order valence-electron chi connectivity index (χ0n) is 13.7. The molecule has 2 rings (SSSR count). The van der Waals surface area contributed by atoms with Crippen LogP contribution >= 0.6 is 34.4 Å². The molecule has 0 saturated carbocycles. The molecule has 9 heteroatoms. The van der Waals surface area contributed by atoms with Crippen LogP contribution in [0.3, 0.4) is 0 Å². The van der Waals surface area contributed by atoms with E-state index in [-0.39, 0.29) is 11.4 Å². The van der Waals surface area contributed by atoms with Crippen molar-refractivity contribution < 1.29 is 29.0 Å². The molecular weight excluding hydrogens is 473 g/mol. The third kappa shape index (κ3) is 4.70. The van der Waals surface area contributed by atoms with Crippen LogP contribution in [0, 0.1) is 15.9 Å². The van der Waals surface area contributed by atoms with Gasteiger partial charge in [0, 0.05) is 0 Å². The molecule has 26 heavy (non-hydrogen) atoms. The van der Waals surface area contributed by atoms with Crippen molar-refractivity contribution in [1.29, 1.82) is 0 Å². The highest BCUT2D eigenvalue weighted by atomic mass is 127. The molecule has 0 spiro atoms. The smallest absolute Gasteiger partial charge is 0.341 e. The molecule has 0 unspecified atom stereocenters. The minimum Gasteiger partial charge on any atom is -0.490 e. The van der Waals surface area contributed by atoms with E-state index in [1.807, 2.05) is 22.6 Å². The van der Waals surface area contributed by atoms with E-state index >= 15 is 0 Å². The van der Waals surface area contributed by atoms with E-state index in [0.717, 1.165) is 16.7 Å². The Bertz CT molecular complexity index is 829. The molecule has 1 aromatic rings. The zero-order valence-corrected chi connectivity index (χ0v) is 16.6. The number of terminal acetylenes is 1. The quantitative estimate of drug-likeness (QED) is 0.359. The number of aliphatic carboxylic acids is 1. The number of carboxylic acids is 1. The van der Waals surface area contributed by atoms with E-state index in [0.29, 0.717) is 27.2 Å². The van der Waals surface area contributed by atoms with Gasteiger partial charge in [-0.3, -0.25) is 14.5 Å². The molecule has 1 N–H and O–H groups in total. The highest BCUT2D eigenvalue weighted by Gasteiger charge is 2.34. The molecule has 0 aliphatic carbocycles. The molecule has 0 atom stereocenters. The number of rotatable bonds is 7. The maximum absolute atomic E-state index is 12.2. The highest BCUT2D eigenvalue weighted by molar-refractivity contribution is 14.1. The lowest BCUT2D eigenvalue weighted by Crippen LogP contribution is -2.28. The summed E-state index contributed by atoms with van der Waals surface area (Å²) in [7, 11) is 0. The minimum absolute atomic E-state index is 0.0777. The molecule has 0 aromatic heterocycles. The lowest BCUT2D eigenvalue weighted by Gasteiger charge is -2.13. The minimum atomic E-state index is -1.10. The number of carbonyl (C=O) groups excluding carboxylic acids is 2. The molecule has 1 aromatic carbocycles. The Hall–Kier alpha value is -2.19. The average molecular weight is 487 g/mol. The van der Waals surface area contributed by atoms with Crippen molar-refractivity contribution in [2.45, 2.75) is 6.92 Å². The van der Waals surface area contributed by atoms with Gasteiger partial charge in [0.1, 0.15) is 0 Å². The first-order valence-electron chi connectivity index (χ1n) is 7.37. The first-order valence-corrected chi connectivity index (χ1v) is 9.26. The van der Waals surface area contributed by atoms with Crippen LogP contribution in [0.4, 0.5) is 4.79 Å². The van der Waals surface area contributed by atoms with E-state index < -0.39 is 23.7 Å². The van der Waals surface area contributed by atoms with Crippen molar-refractivity contribution >= 4 is 57.5 Å². The molecule has 0 radical (unpaired) electrons. The first-order chi connectivity index (χ1) is 12.4. The molecule has 1 saturated heterocycles. The molecule has 1 heterocycles. The van der Waals surface area contributed by atoms with E-state index in [1.54, 1.807) is 25.1 Å². The molecule has 2 amide bonds. The van der Waals surface area contributed by atoms with Crippen molar-refractivity contribution in [1.82, 2.24) is 4.90 Å². The Morgan fingerprint density at radius 3 is 2.77 bits per heavy atom. The van der Waals surface area contributed by atoms with Gasteiger partial charge in [-0.2, -0.15) is 0 Å². The van der Waals surface area contributed by atoms with Crippen molar-refractivity contribution in [3.63, 3.8) is 0 Å². The first kappa shape index (κ1) is 20.1. The third-order valence-corrected chi connectivity index (χ3v) is 4.80. The lowest BCUT2D eigenvalue weighted by molar-refractivity contribution is -0.139. The van der Waals surface area contributed by atoms with Gasteiger partial charge in [-0.15, -0.1) is 6.42 Å². The van der Waals surface area contributed by atoms with Gasteiger partial charge in [-0.05, 0) is 65.0 Å². The molecule has 1 aliphatic rings. The summed E-state index contributed by atoms with van der Waals surface area (Å²) in [6, 6.07) is 3.33. The van der Waals surface area contributed by atoms with Crippen LogP contribution in [0.25, 0.3) is 6.08 Å². The topological polar surface area (TPSA) is 93.1 Å². The number of imide groups is 1. The number of hydrogen-bond acceptors (Lipinski definition) is 6. The summed E-state index contributed by atoms with van der Waals surface area (Å²) in [5, 5.41) is 8.37.